The van der Waals surface area contributed by atoms with Gasteiger partial charge in [0.2, 0.25) is 0 Å². The van der Waals surface area contributed by atoms with Crippen LogP contribution in [0.1, 0.15) is 57.4 Å². The minimum absolute atomic E-state index is 0.344. The van der Waals surface area contributed by atoms with E-state index in [0.717, 1.165) is 23.1 Å². The van der Waals surface area contributed by atoms with Crippen molar-refractivity contribution in [2.75, 3.05) is 7.11 Å². The molecule has 4 heteroatoms. The van der Waals surface area contributed by atoms with Crippen LogP contribution in [-0.4, -0.2) is 13.2 Å². The lowest BCUT2D eigenvalue weighted by molar-refractivity contribution is 0.411. The summed E-state index contributed by atoms with van der Waals surface area (Å²) in [5.74, 6) is 6.56. The summed E-state index contributed by atoms with van der Waals surface area (Å²) >= 11 is 3.53. The van der Waals surface area contributed by atoms with Crippen molar-refractivity contribution in [2.24, 2.45) is 5.84 Å². The largest absolute Gasteiger partial charge is 0.496 e. The molecule has 0 saturated heterocycles. The molecule has 0 radical (unpaired) electrons. The first-order valence-corrected chi connectivity index (χ1v) is 8.79. The normalized spacial score (nSPS) is 12.4. The Kier molecular flexibility index (Phi) is 9.72. The minimum Gasteiger partial charge on any atom is -0.496 e. The van der Waals surface area contributed by atoms with E-state index >= 15 is 0 Å². The van der Waals surface area contributed by atoms with Crippen LogP contribution in [0.25, 0.3) is 0 Å². The van der Waals surface area contributed by atoms with Crippen LogP contribution >= 0.6 is 15.9 Å². The van der Waals surface area contributed by atoms with Crippen LogP contribution in [0, 0.1) is 0 Å². The van der Waals surface area contributed by atoms with E-state index in [1.165, 1.54) is 44.1 Å². The molecule has 0 aromatic heterocycles. The number of hydrogen-bond donors (Lipinski definition) is 2. The van der Waals surface area contributed by atoms with Crippen LogP contribution < -0.4 is 16.0 Å². The molecular formula is C17H29BrN2O. The van der Waals surface area contributed by atoms with Gasteiger partial charge < -0.3 is 4.74 Å². The van der Waals surface area contributed by atoms with E-state index in [9.17, 15) is 0 Å². The van der Waals surface area contributed by atoms with Crippen LogP contribution in [-0.2, 0) is 6.42 Å². The zero-order chi connectivity index (χ0) is 15.5. The molecule has 1 aromatic rings. The first-order valence-electron chi connectivity index (χ1n) is 7.99. The summed E-state index contributed by atoms with van der Waals surface area (Å²) < 4.78 is 6.25. The fourth-order valence-electron chi connectivity index (χ4n) is 2.54. The zero-order valence-corrected chi connectivity index (χ0v) is 14.9. The number of ether oxygens (including phenoxy) is 1. The molecule has 3 nitrogen and oxygen atoms in total. The standard InChI is InChI=1S/C17H29BrN2O/c1-3-4-5-6-7-8-9-15(20-19)12-14-10-11-17(21-2)16(18)13-14/h10-11,13,15,20H,3-9,12,19H2,1-2H3. The van der Waals surface area contributed by atoms with Crippen molar-refractivity contribution in [1.82, 2.24) is 5.43 Å². The van der Waals surface area contributed by atoms with E-state index in [1.54, 1.807) is 7.11 Å². The van der Waals surface area contributed by atoms with E-state index < -0.39 is 0 Å². The predicted molar refractivity (Wildman–Crippen MR) is 93.5 cm³/mol. The molecule has 120 valence electrons. The summed E-state index contributed by atoms with van der Waals surface area (Å²) in [5.41, 5.74) is 4.23. The lowest BCUT2D eigenvalue weighted by atomic mass is 10.00. The topological polar surface area (TPSA) is 47.3 Å². The summed E-state index contributed by atoms with van der Waals surface area (Å²) in [6.45, 7) is 2.25. The van der Waals surface area contributed by atoms with Crippen molar-refractivity contribution in [3.8, 4) is 5.75 Å². The van der Waals surface area contributed by atoms with Crippen molar-refractivity contribution in [1.29, 1.82) is 0 Å². The Labute approximate surface area is 137 Å². The van der Waals surface area contributed by atoms with Crippen molar-refractivity contribution < 1.29 is 4.74 Å². The third kappa shape index (κ3) is 7.30. The molecule has 0 heterocycles. The number of benzene rings is 1. The third-order valence-corrected chi connectivity index (χ3v) is 4.46. The summed E-state index contributed by atoms with van der Waals surface area (Å²) in [7, 11) is 1.68. The van der Waals surface area contributed by atoms with Gasteiger partial charge in [0.1, 0.15) is 5.75 Å². The highest BCUT2D eigenvalue weighted by Gasteiger charge is 2.09. The number of nitrogens with one attached hydrogen (secondary N) is 1. The maximum Gasteiger partial charge on any atom is 0.133 e. The zero-order valence-electron chi connectivity index (χ0n) is 13.3. The Balaban J connectivity index is 2.34. The second kappa shape index (κ2) is 11.0. The maximum absolute atomic E-state index is 5.69. The number of unbranched alkanes of at least 4 members (excludes halogenated alkanes) is 5. The van der Waals surface area contributed by atoms with Crippen LogP contribution in [0.3, 0.4) is 0 Å². The molecule has 1 atom stereocenters. The average molecular weight is 357 g/mol. The Morgan fingerprint density at radius 2 is 1.90 bits per heavy atom. The quantitative estimate of drug-likeness (QED) is 0.346. The van der Waals surface area contributed by atoms with Gasteiger partial charge in [0, 0.05) is 6.04 Å². The molecule has 21 heavy (non-hydrogen) atoms. The average Bonchev–Trinajstić information content (AvgIpc) is 2.49. The fraction of sp³-hybridized carbons (Fsp3) is 0.647. The van der Waals surface area contributed by atoms with E-state index in [-0.39, 0.29) is 0 Å². The fourth-order valence-corrected chi connectivity index (χ4v) is 3.12. The molecule has 0 aliphatic heterocycles. The van der Waals surface area contributed by atoms with Gasteiger partial charge in [-0.1, -0.05) is 51.5 Å². The molecule has 3 N–H and O–H groups in total. The number of methoxy groups -OCH3 is 1. The lowest BCUT2D eigenvalue weighted by Crippen LogP contribution is -2.36. The molecule has 1 unspecified atom stereocenters. The monoisotopic (exact) mass is 356 g/mol. The highest BCUT2D eigenvalue weighted by Crippen LogP contribution is 2.26. The summed E-state index contributed by atoms with van der Waals surface area (Å²) in [4.78, 5) is 0. The SMILES string of the molecule is CCCCCCCCC(Cc1ccc(OC)c(Br)c1)NN. The van der Waals surface area contributed by atoms with Gasteiger partial charge in [0.25, 0.3) is 0 Å². The van der Waals surface area contributed by atoms with E-state index in [0.29, 0.717) is 6.04 Å². The smallest absolute Gasteiger partial charge is 0.133 e. The molecule has 0 aliphatic rings. The van der Waals surface area contributed by atoms with Crippen LogP contribution in [0.2, 0.25) is 0 Å². The molecule has 0 spiro atoms. The number of halogens is 1. The maximum atomic E-state index is 5.69. The van der Waals surface area contributed by atoms with Crippen molar-refractivity contribution in [3.63, 3.8) is 0 Å². The third-order valence-electron chi connectivity index (χ3n) is 3.84. The van der Waals surface area contributed by atoms with Crippen LogP contribution in [0.15, 0.2) is 22.7 Å². The van der Waals surface area contributed by atoms with E-state index in [4.69, 9.17) is 10.6 Å². The van der Waals surface area contributed by atoms with Gasteiger partial charge in [0.15, 0.2) is 0 Å². The molecular weight excluding hydrogens is 328 g/mol. The van der Waals surface area contributed by atoms with E-state index in [1.807, 2.05) is 6.07 Å². The van der Waals surface area contributed by atoms with Gasteiger partial charge in [-0.15, -0.1) is 0 Å². The molecule has 1 rings (SSSR count). The van der Waals surface area contributed by atoms with Gasteiger partial charge in [-0.3, -0.25) is 11.3 Å². The number of hydrogen-bond acceptors (Lipinski definition) is 3. The molecule has 0 saturated carbocycles. The molecule has 1 aromatic carbocycles. The number of nitrogens with two attached hydrogens (primary N) is 1. The number of rotatable bonds is 11. The van der Waals surface area contributed by atoms with Gasteiger partial charge in [-0.05, 0) is 46.5 Å². The van der Waals surface area contributed by atoms with Crippen molar-refractivity contribution in [2.45, 2.75) is 64.3 Å². The first kappa shape index (κ1) is 18.5. The molecule has 0 aliphatic carbocycles. The second-order valence-electron chi connectivity index (χ2n) is 5.59. The highest BCUT2D eigenvalue weighted by atomic mass is 79.9. The second-order valence-corrected chi connectivity index (χ2v) is 6.45. The van der Waals surface area contributed by atoms with Crippen molar-refractivity contribution >= 4 is 15.9 Å². The predicted octanol–water partition coefficient (Wildman–Crippen LogP) is 4.58. The molecule has 0 amide bonds. The van der Waals surface area contributed by atoms with E-state index in [2.05, 4.69) is 40.4 Å². The number of hydrazine groups is 1. The van der Waals surface area contributed by atoms with Crippen LogP contribution in [0.4, 0.5) is 0 Å². The van der Waals surface area contributed by atoms with Gasteiger partial charge in [-0.25, -0.2) is 0 Å². The summed E-state index contributed by atoms with van der Waals surface area (Å²) in [6.07, 6.45) is 10.0. The van der Waals surface area contributed by atoms with Crippen molar-refractivity contribution in [3.05, 3.63) is 28.2 Å². The Hall–Kier alpha value is -0.580. The highest BCUT2D eigenvalue weighted by molar-refractivity contribution is 9.10. The minimum atomic E-state index is 0.344. The molecule has 0 fully saturated rings. The lowest BCUT2D eigenvalue weighted by Gasteiger charge is -2.16. The Morgan fingerprint density at radius 3 is 2.52 bits per heavy atom. The van der Waals surface area contributed by atoms with Gasteiger partial charge in [-0.2, -0.15) is 0 Å². The Morgan fingerprint density at radius 1 is 1.19 bits per heavy atom. The summed E-state index contributed by atoms with van der Waals surface area (Å²) in [5, 5.41) is 0. The van der Waals surface area contributed by atoms with Crippen LogP contribution in [0.5, 0.6) is 5.75 Å². The van der Waals surface area contributed by atoms with Gasteiger partial charge >= 0.3 is 0 Å². The van der Waals surface area contributed by atoms with Gasteiger partial charge in [0.05, 0.1) is 11.6 Å². The first-order chi connectivity index (χ1) is 10.2. The summed E-state index contributed by atoms with van der Waals surface area (Å²) in [6, 6.07) is 6.56. The Bertz CT molecular complexity index is 398. The molecule has 0 bridgehead atoms.